The topological polar surface area (TPSA) is 30.5 Å². The van der Waals surface area contributed by atoms with Crippen LogP contribution < -0.4 is 10.1 Å². The second kappa shape index (κ2) is 10.6. The summed E-state index contributed by atoms with van der Waals surface area (Å²) in [5.74, 6) is 1.59. The zero-order chi connectivity index (χ0) is 15.5. The Morgan fingerprint density at radius 1 is 1.14 bits per heavy atom. The Kier molecular flexibility index (Phi) is 9.11. The fourth-order valence-corrected chi connectivity index (χ4v) is 2.15. The van der Waals surface area contributed by atoms with Crippen LogP contribution in [0.4, 0.5) is 0 Å². The van der Waals surface area contributed by atoms with E-state index in [4.69, 9.17) is 9.47 Å². The zero-order valence-corrected chi connectivity index (χ0v) is 14.0. The van der Waals surface area contributed by atoms with E-state index in [1.165, 1.54) is 5.56 Å². The smallest absolute Gasteiger partial charge is 0.119 e. The molecule has 0 aliphatic carbocycles. The van der Waals surface area contributed by atoms with Gasteiger partial charge in [0.15, 0.2) is 0 Å². The van der Waals surface area contributed by atoms with Crippen molar-refractivity contribution in [3.8, 4) is 5.75 Å². The van der Waals surface area contributed by atoms with Crippen LogP contribution in [0.3, 0.4) is 0 Å². The molecule has 0 radical (unpaired) electrons. The summed E-state index contributed by atoms with van der Waals surface area (Å²) in [5, 5.41) is 3.44. The Labute approximate surface area is 130 Å². The maximum Gasteiger partial charge on any atom is 0.119 e. The molecule has 3 heteroatoms. The SMILES string of the molecule is CCCC(C)OCCOc1cccc(CNCC(C)C)c1. The van der Waals surface area contributed by atoms with Crippen LogP contribution in [0, 0.1) is 5.92 Å². The normalized spacial score (nSPS) is 12.6. The van der Waals surface area contributed by atoms with E-state index in [1.807, 2.05) is 12.1 Å². The molecular formula is C18H31NO2. The van der Waals surface area contributed by atoms with E-state index < -0.39 is 0 Å². The molecule has 0 spiro atoms. The van der Waals surface area contributed by atoms with Gasteiger partial charge >= 0.3 is 0 Å². The minimum atomic E-state index is 0.324. The number of nitrogens with one attached hydrogen (secondary N) is 1. The Morgan fingerprint density at radius 3 is 2.67 bits per heavy atom. The van der Waals surface area contributed by atoms with Gasteiger partial charge in [-0.3, -0.25) is 0 Å². The molecule has 1 rings (SSSR count). The second-order valence-corrected chi connectivity index (χ2v) is 5.99. The van der Waals surface area contributed by atoms with Crippen LogP contribution in [-0.4, -0.2) is 25.9 Å². The maximum absolute atomic E-state index is 5.75. The van der Waals surface area contributed by atoms with Crippen molar-refractivity contribution in [3.05, 3.63) is 29.8 Å². The number of benzene rings is 1. The zero-order valence-electron chi connectivity index (χ0n) is 14.0. The van der Waals surface area contributed by atoms with Crippen molar-refractivity contribution >= 4 is 0 Å². The average Bonchev–Trinajstić information content (AvgIpc) is 2.44. The molecule has 0 aromatic heterocycles. The molecule has 21 heavy (non-hydrogen) atoms. The monoisotopic (exact) mass is 293 g/mol. The van der Waals surface area contributed by atoms with E-state index in [1.54, 1.807) is 0 Å². The Hall–Kier alpha value is -1.06. The third-order valence-electron chi connectivity index (χ3n) is 3.23. The molecule has 0 amide bonds. The van der Waals surface area contributed by atoms with E-state index >= 15 is 0 Å². The third kappa shape index (κ3) is 8.74. The standard InChI is InChI=1S/C18H31NO2/c1-5-7-16(4)20-10-11-21-18-9-6-8-17(12-18)14-19-13-15(2)3/h6,8-9,12,15-16,19H,5,7,10-11,13-14H2,1-4H3. The summed E-state index contributed by atoms with van der Waals surface area (Å²) in [6, 6.07) is 8.27. The van der Waals surface area contributed by atoms with Crippen LogP contribution in [0.25, 0.3) is 0 Å². The highest BCUT2D eigenvalue weighted by molar-refractivity contribution is 5.28. The predicted molar refractivity (Wildman–Crippen MR) is 88.8 cm³/mol. The summed E-state index contributed by atoms with van der Waals surface area (Å²) < 4.78 is 11.4. The largest absolute Gasteiger partial charge is 0.491 e. The van der Waals surface area contributed by atoms with Crippen molar-refractivity contribution in [2.45, 2.75) is 53.2 Å². The first-order valence-corrected chi connectivity index (χ1v) is 8.15. The van der Waals surface area contributed by atoms with Gasteiger partial charge in [0.1, 0.15) is 12.4 Å². The van der Waals surface area contributed by atoms with Crippen molar-refractivity contribution in [3.63, 3.8) is 0 Å². The summed E-state index contributed by atoms with van der Waals surface area (Å²) in [6.45, 7) is 11.9. The average molecular weight is 293 g/mol. The van der Waals surface area contributed by atoms with E-state index in [9.17, 15) is 0 Å². The van der Waals surface area contributed by atoms with Crippen LogP contribution in [0.15, 0.2) is 24.3 Å². The number of hydrogen-bond donors (Lipinski definition) is 1. The molecule has 0 saturated heterocycles. The molecule has 1 aromatic rings. The molecule has 1 N–H and O–H groups in total. The second-order valence-electron chi connectivity index (χ2n) is 5.99. The van der Waals surface area contributed by atoms with Crippen LogP contribution in [0.1, 0.15) is 46.1 Å². The van der Waals surface area contributed by atoms with Gasteiger partial charge in [0, 0.05) is 6.54 Å². The number of hydrogen-bond acceptors (Lipinski definition) is 3. The lowest BCUT2D eigenvalue weighted by Crippen LogP contribution is -2.19. The van der Waals surface area contributed by atoms with Gasteiger partial charge in [-0.25, -0.2) is 0 Å². The quantitative estimate of drug-likeness (QED) is 0.625. The van der Waals surface area contributed by atoms with E-state index in [0.717, 1.165) is 31.7 Å². The molecule has 1 aromatic carbocycles. The Bertz CT molecular complexity index is 379. The van der Waals surface area contributed by atoms with Crippen molar-refractivity contribution in [2.24, 2.45) is 5.92 Å². The van der Waals surface area contributed by atoms with Gasteiger partial charge < -0.3 is 14.8 Å². The van der Waals surface area contributed by atoms with E-state index in [0.29, 0.717) is 25.2 Å². The van der Waals surface area contributed by atoms with Gasteiger partial charge in [0.2, 0.25) is 0 Å². The lowest BCUT2D eigenvalue weighted by atomic mass is 10.2. The molecule has 1 atom stereocenters. The highest BCUT2D eigenvalue weighted by atomic mass is 16.5. The molecule has 0 fully saturated rings. The summed E-state index contributed by atoms with van der Waals surface area (Å²) in [5.41, 5.74) is 1.26. The molecule has 0 aliphatic rings. The lowest BCUT2D eigenvalue weighted by Gasteiger charge is -2.13. The lowest BCUT2D eigenvalue weighted by molar-refractivity contribution is 0.0395. The molecule has 0 saturated carbocycles. The van der Waals surface area contributed by atoms with Crippen LogP contribution in [-0.2, 0) is 11.3 Å². The first-order chi connectivity index (χ1) is 10.1. The molecule has 0 aliphatic heterocycles. The number of rotatable bonds is 11. The van der Waals surface area contributed by atoms with Crippen molar-refractivity contribution < 1.29 is 9.47 Å². The molecular weight excluding hydrogens is 262 g/mol. The van der Waals surface area contributed by atoms with E-state index in [2.05, 4.69) is 45.1 Å². The number of ether oxygens (including phenoxy) is 2. The van der Waals surface area contributed by atoms with Gasteiger partial charge in [0.25, 0.3) is 0 Å². The Balaban J connectivity index is 2.25. The first kappa shape index (κ1) is 18.0. The van der Waals surface area contributed by atoms with Gasteiger partial charge in [-0.05, 0) is 43.5 Å². The molecule has 120 valence electrons. The summed E-state index contributed by atoms with van der Waals surface area (Å²) in [4.78, 5) is 0. The van der Waals surface area contributed by atoms with Gasteiger partial charge in [-0.2, -0.15) is 0 Å². The summed E-state index contributed by atoms with van der Waals surface area (Å²) in [6.07, 6.45) is 2.59. The minimum absolute atomic E-state index is 0.324. The fraction of sp³-hybridized carbons (Fsp3) is 0.667. The highest BCUT2D eigenvalue weighted by Crippen LogP contribution is 2.13. The van der Waals surface area contributed by atoms with Gasteiger partial charge in [-0.15, -0.1) is 0 Å². The minimum Gasteiger partial charge on any atom is -0.491 e. The Morgan fingerprint density at radius 2 is 1.95 bits per heavy atom. The highest BCUT2D eigenvalue weighted by Gasteiger charge is 2.01. The van der Waals surface area contributed by atoms with Crippen LogP contribution in [0.5, 0.6) is 5.75 Å². The third-order valence-corrected chi connectivity index (χ3v) is 3.23. The van der Waals surface area contributed by atoms with E-state index in [-0.39, 0.29) is 0 Å². The fourth-order valence-electron chi connectivity index (χ4n) is 2.15. The molecule has 0 heterocycles. The van der Waals surface area contributed by atoms with Crippen LogP contribution in [0.2, 0.25) is 0 Å². The predicted octanol–water partition coefficient (Wildman–Crippen LogP) is 4.02. The maximum atomic E-state index is 5.75. The molecule has 3 nitrogen and oxygen atoms in total. The van der Waals surface area contributed by atoms with Crippen molar-refractivity contribution in [1.29, 1.82) is 0 Å². The van der Waals surface area contributed by atoms with Gasteiger partial charge in [0.05, 0.1) is 12.7 Å². The van der Waals surface area contributed by atoms with Crippen molar-refractivity contribution in [1.82, 2.24) is 5.32 Å². The summed E-state index contributed by atoms with van der Waals surface area (Å²) in [7, 11) is 0. The first-order valence-electron chi connectivity index (χ1n) is 8.15. The molecule has 1 unspecified atom stereocenters. The van der Waals surface area contributed by atoms with Crippen LogP contribution >= 0.6 is 0 Å². The summed E-state index contributed by atoms with van der Waals surface area (Å²) >= 11 is 0. The van der Waals surface area contributed by atoms with Crippen molar-refractivity contribution in [2.75, 3.05) is 19.8 Å². The molecule has 0 bridgehead atoms. The van der Waals surface area contributed by atoms with Gasteiger partial charge in [-0.1, -0.05) is 39.3 Å².